The Hall–Kier alpha value is -1.75. The van der Waals surface area contributed by atoms with Crippen molar-refractivity contribution in [1.29, 1.82) is 0 Å². The van der Waals surface area contributed by atoms with Crippen LogP contribution in [-0.2, 0) is 4.79 Å². The second kappa shape index (κ2) is 17.7. The molecule has 0 aromatic heterocycles. The highest BCUT2D eigenvalue weighted by Gasteiger charge is 1.95. The number of carbonyl (C=O) groups is 1. The Bertz CT molecular complexity index is 523. The third-order valence-corrected chi connectivity index (χ3v) is 5.02. The van der Waals surface area contributed by atoms with E-state index < -0.39 is 0 Å². The second-order valence-corrected chi connectivity index (χ2v) is 7.49. The zero-order valence-corrected chi connectivity index (χ0v) is 17.4. The first kappa shape index (κ1) is 23.3. The van der Waals surface area contributed by atoms with Gasteiger partial charge in [-0.1, -0.05) is 96.3 Å². The molecule has 0 unspecified atom stereocenters. The van der Waals surface area contributed by atoms with Gasteiger partial charge in [0.1, 0.15) is 0 Å². The predicted molar refractivity (Wildman–Crippen MR) is 118 cm³/mol. The van der Waals surface area contributed by atoms with Crippen molar-refractivity contribution in [3.8, 4) is 11.8 Å². The molecule has 0 radical (unpaired) electrons. The monoisotopic (exact) mass is 369 g/mol. The normalized spacial score (nSPS) is 10.3. The van der Waals surface area contributed by atoms with Crippen LogP contribution in [0.3, 0.4) is 0 Å². The Morgan fingerprint density at radius 3 is 1.70 bits per heavy atom. The first-order valence-corrected chi connectivity index (χ1v) is 11.2. The number of nitrogens with one attached hydrogen (secondary N) is 1. The van der Waals surface area contributed by atoms with E-state index in [4.69, 9.17) is 0 Å². The Labute approximate surface area is 167 Å². The summed E-state index contributed by atoms with van der Waals surface area (Å²) in [5.74, 6) is 5.23. The van der Waals surface area contributed by atoms with Crippen molar-refractivity contribution in [3.63, 3.8) is 0 Å². The molecule has 0 aliphatic heterocycles. The minimum Gasteiger partial charge on any atom is -0.385 e. The number of rotatable bonds is 16. The molecule has 0 heterocycles. The summed E-state index contributed by atoms with van der Waals surface area (Å²) < 4.78 is 0. The van der Waals surface area contributed by atoms with E-state index in [-0.39, 0.29) is 0 Å². The predicted octanol–water partition coefficient (Wildman–Crippen LogP) is 7.13. The maximum atomic E-state index is 10.2. The van der Waals surface area contributed by atoms with Gasteiger partial charge in [-0.05, 0) is 36.6 Å². The van der Waals surface area contributed by atoms with Crippen molar-refractivity contribution in [2.24, 2.45) is 0 Å². The molecule has 0 spiro atoms. The molecule has 1 aromatic rings. The molecular formula is C25H39NO. The molecule has 1 aromatic carbocycles. The van der Waals surface area contributed by atoms with Crippen LogP contribution in [0.15, 0.2) is 24.3 Å². The molecule has 1 N–H and O–H groups in total. The summed E-state index contributed by atoms with van der Waals surface area (Å²) in [7, 11) is 0. The lowest BCUT2D eigenvalue weighted by atomic mass is 10.0. The van der Waals surface area contributed by atoms with E-state index in [2.05, 4.69) is 24.1 Å². The highest BCUT2D eigenvalue weighted by atomic mass is 16.1. The fourth-order valence-electron chi connectivity index (χ4n) is 3.34. The van der Waals surface area contributed by atoms with Crippen LogP contribution in [0.1, 0.15) is 102 Å². The first-order valence-electron chi connectivity index (χ1n) is 11.2. The second-order valence-electron chi connectivity index (χ2n) is 7.49. The van der Waals surface area contributed by atoms with Gasteiger partial charge < -0.3 is 5.32 Å². The van der Waals surface area contributed by atoms with E-state index in [1.165, 1.54) is 89.9 Å². The van der Waals surface area contributed by atoms with Gasteiger partial charge in [0.2, 0.25) is 0 Å². The number of anilines is 1. The first-order chi connectivity index (χ1) is 13.4. The summed E-state index contributed by atoms with van der Waals surface area (Å²) >= 11 is 0. The van der Waals surface area contributed by atoms with Crippen LogP contribution in [-0.4, -0.2) is 12.8 Å². The standard InChI is InChI=1S/C25H39NO/c1-2-3-4-5-6-7-8-9-10-11-12-13-14-15-22-26-25-20-18-24(19-21-25)17-16-23-27/h18-21,23,26H,2-15,22H2,1H3. The number of aldehydes is 1. The Morgan fingerprint density at radius 2 is 1.22 bits per heavy atom. The Morgan fingerprint density at radius 1 is 0.741 bits per heavy atom. The van der Waals surface area contributed by atoms with Gasteiger partial charge in [-0.3, -0.25) is 4.79 Å². The van der Waals surface area contributed by atoms with Gasteiger partial charge in [0.05, 0.1) is 0 Å². The number of benzene rings is 1. The SMILES string of the molecule is CCCCCCCCCCCCCCCCNc1ccc(C#CC=O)cc1. The molecule has 2 nitrogen and oxygen atoms in total. The molecule has 0 saturated heterocycles. The highest BCUT2D eigenvalue weighted by Crippen LogP contribution is 2.13. The van der Waals surface area contributed by atoms with E-state index in [9.17, 15) is 4.79 Å². The average molecular weight is 370 g/mol. The van der Waals surface area contributed by atoms with Crippen molar-refractivity contribution >= 4 is 12.0 Å². The molecular weight excluding hydrogens is 330 g/mol. The maximum absolute atomic E-state index is 10.2. The van der Waals surface area contributed by atoms with E-state index in [0.717, 1.165) is 17.8 Å². The smallest absolute Gasteiger partial charge is 0.193 e. The molecule has 27 heavy (non-hydrogen) atoms. The molecule has 0 saturated carbocycles. The van der Waals surface area contributed by atoms with Crippen molar-refractivity contribution in [2.75, 3.05) is 11.9 Å². The number of carbonyl (C=O) groups excluding carboxylic acids is 1. The number of hydrogen-bond donors (Lipinski definition) is 1. The largest absolute Gasteiger partial charge is 0.385 e. The van der Waals surface area contributed by atoms with Gasteiger partial charge in [-0.15, -0.1) is 0 Å². The topological polar surface area (TPSA) is 29.1 Å². The molecule has 150 valence electrons. The van der Waals surface area contributed by atoms with Crippen LogP contribution in [0.25, 0.3) is 0 Å². The minimum atomic E-state index is 0.627. The van der Waals surface area contributed by atoms with Crippen LogP contribution in [0.4, 0.5) is 5.69 Å². The molecule has 2 heteroatoms. The lowest BCUT2D eigenvalue weighted by Crippen LogP contribution is -2.01. The van der Waals surface area contributed by atoms with Crippen molar-refractivity contribution < 1.29 is 4.79 Å². The summed E-state index contributed by atoms with van der Waals surface area (Å²) in [4.78, 5) is 10.2. The fraction of sp³-hybridized carbons (Fsp3) is 0.640. The molecule has 0 aliphatic rings. The van der Waals surface area contributed by atoms with Crippen molar-refractivity contribution in [1.82, 2.24) is 0 Å². The fourth-order valence-corrected chi connectivity index (χ4v) is 3.34. The van der Waals surface area contributed by atoms with E-state index in [0.29, 0.717) is 6.29 Å². The lowest BCUT2D eigenvalue weighted by molar-refractivity contribution is -0.103. The zero-order chi connectivity index (χ0) is 19.4. The molecule has 0 bridgehead atoms. The highest BCUT2D eigenvalue weighted by molar-refractivity contribution is 5.74. The van der Waals surface area contributed by atoms with Crippen LogP contribution in [0.5, 0.6) is 0 Å². The average Bonchev–Trinajstić information content (AvgIpc) is 2.70. The lowest BCUT2D eigenvalue weighted by Gasteiger charge is -2.06. The number of unbranched alkanes of at least 4 members (excludes halogenated alkanes) is 13. The molecule has 1 rings (SSSR count). The van der Waals surface area contributed by atoms with Crippen molar-refractivity contribution in [2.45, 2.75) is 96.8 Å². The van der Waals surface area contributed by atoms with Gasteiger partial charge in [0.25, 0.3) is 0 Å². The van der Waals surface area contributed by atoms with E-state index >= 15 is 0 Å². The summed E-state index contributed by atoms with van der Waals surface area (Å²) in [5, 5.41) is 3.45. The number of hydrogen-bond acceptors (Lipinski definition) is 2. The van der Waals surface area contributed by atoms with Crippen LogP contribution in [0.2, 0.25) is 0 Å². The summed E-state index contributed by atoms with van der Waals surface area (Å²) in [6, 6.07) is 7.95. The molecule has 0 atom stereocenters. The van der Waals surface area contributed by atoms with E-state index in [1.54, 1.807) is 0 Å². The summed E-state index contributed by atoms with van der Waals surface area (Å²) in [5.41, 5.74) is 2.01. The van der Waals surface area contributed by atoms with Gasteiger partial charge in [0, 0.05) is 17.8 Å². The maximum Gasteiger partial charge on any atom is 0.193 e. The Balaban J connectivity index is 1.86. The van der Waals surface area contributed by atoms with Crippen LogP contribution >= 0.6 is 0 Å². The van der Waals surface area contributed by atoms with Gasteiger partial charge in [-0.2, -0.15) is 0 Å². The van der Waals surface area contributed by atoms with Crippen molar-refractivity contribution in [3.05, 3.63) is 29.8 Å². The molecule has 0 fully saturated rings. The third-order valence-electron chi connectivity index (χ3n) is 5.02. The summed E-state index contributed by atoms with van der Waals surface area (Å²) in [6.45, 7) is 3.31. The van der Waals surface area contributed by atoms with Gasteiger partial charge in [0.15, 0.2) is 6.29 Å². The summed E-state index contributed by atoms with van der Waals surface area (Å²) in [6.07, 6.45) is 20.2. The van der Waals surface area contributed by atoms with Crippen LogP contribution < -0.4 is 5.32 Å². The van der Waals surface area contributed by atoms with Crippen LogP contribution in [0, 0.1) is 11.8 Å². The van der Waals surface area contributed by atoms with E-state index in [1.807, 2.05) is 24.3 Å². The molecule has 0 aliphatic carbocycles. The quantitative estimate of drug-likeness (QED) is 0.191. The molecule has 0 amide bonds. The van der Waals surface area contributed by atoms with Gasteiger partial charge >= 0.3 is 0 Å². The van der Waals surface area contributed by atoms with Gasteiger partial charge in [-0.25, -0.2) is 0 Å². The minimum absolute atomic E-state index is 0.627. The zero-order valence-electron chi connectivity index (χ0n) is 17.4. The third kappa shape index (κ3) is 14.0. The Kier molecular flexibility index (Phi) is 15.2.